The lowest BCUT2D eigenvalue weighted by Crippen LogP contribution is -2.59. The third kappa shape index (κ3) is 9.75. The highest BCUT2D eigenvalue weighted by Crippen LogP contribution is 2.39. The van der Waals surface area contributed by atoms with Crippen molar-refractivity contribution in [3.8, 4) is 0 Å². The van der Waals surface area contributed by atoms with E-state index in [0.717, 1.165) is 16.5 Å². The minimum Gasteiger partial charge on any atom is -0.462 e. The number of rotatable bonds is 9. The lowest BCUT2D eigenvalue weighted by molar-refractivity contribution is -0.295. The molecule has 1 unspecified atom stereocenters. The van der Waals surface area contributed by atoms with Gasteiger partial charge in [-0.3, -0.25) is 14.6 Å². The summed E-state index contributed by atoms with van der Waals surface area (Å²) in [7, 11) is 5.33. The first-order valence-electron chi connectivity index (χ1n) is 19.2. The van der Waals surface area contributed by atoms with Crippen LogP contribution >= 0.6 is 0 Å². The number of carbonyl (C=O) groups is 3. The van der Waals surface area contributed by atoms with Crippen molar-refractivity contribution >= 4 is 28.6 Å². The van der Waals surface area contributed by atoms with Crippen molar-refractivity contribution in [3.63, 3.8) is 0 Å². The van der Waals surface area contributed by atoms with Crippen LogP contribution < -0.4 is 0 Å². The van der Waals surface area contributed by atoms with Crippen LogP contribution in [0.1, 0.15) is 91.4 Å². The fraction of sp³-hybridized carbons (Fsp3) is 0.667. The van der Waals surface area contributed by atoms with E-state index in [2.05, 4.69) is 4.98 Å². The first-order valence-corrected chi connectivity index (χ1v) is 19.2. The molecule has 1 aromatic heterocycles. The zero-order valence-electron chi connectivity index (χ0n) is 33.9. The Morgan fingerprint density at radius 2 is 1.80 bits per heavy atom. The Bertz CT molecular complexity index is 1640. The number of para-hydroxylation sites is 1. The van der Waals surface area contributed by atoms with Crippen molar-refractivity contribution < 1.29 is 48.3 Å². The van der Waals surface area contributed by atoms with Gasteiger partial charge in [0, 0.05) is 36.6 Å². The first-order chi connectivity index (χ1) is 25.3. The van der Waals surface area contributed by atoms with Crippen molar-refractivity contribution in [1.82, 2.24) is 9.88 Å². The van der Waals surface area contributed by atoms with Crippen molar-refractivity contribution in [3.05, 3.63) is 53.7 Å². The maximum absolute atomic E-state index is 14.2. The van der Waals surface area contributed by atoms with Crippen molar-refractivity contribution in [2.45, 2.75) is 129 Å². The third-order valence-electron chi connectivity index (χ3n) is 11.6. The van der Waals surface area contributed by atoms with E-state index in [0.29, 0.717) is 18.4 Å². The molecule has 3 heterocycles. The number of methoxy groups -OCH3 is 1. The Morgan fingerprint density at radius 3 is 2.44 bits per heavy atom. The molecule has 2 aromatic rings. The Morgan fingerprint density at radius 1 is 1.11 bits per heavy atom. The van der Waals surface area contributed by atoms with E-state index in [1.165, 1.54) is 13.1 Å². The number of hydrogen-bond donors (Lipinski definition) is 2. The Labute approximate surface area is 320 Å². The van der Waals surface area contributed by atoms with Gasteiger partial charge in [0.1, 0.15) is 23.7 Å². The number of cyclic esters (lactones) is 1. The number of Topliss-reactive ketones (excluding diaryl/α,β-unsaturated/α-hetero) is 1. The van der Waals surface area contributed by atoms with Gasteiger partial charge in [-0.15, -0.1) is 0 Å². The summed E-state index contributed by atoms with van der Waals surface area (Å²) < 4.78 is 30.7. The zero-order chi connectivity index (χ0) is 40.1. The van der Waals surface area contributed by atoms with Crippen molar-refractivity contribution in [2.24, 2.45) is 23.7 Å². The average molecular weight is 755 g/mol. The molecule has 0 radical (unpaired) electrons. The van der Waals surface area contributed by atoms with Crippen molar-refractivity contribution in [1.29, 1.82) is 0 Å². The summed E-state index contributed by atoms with van der Waals surface area (Å²) in [5.74, 6) is -4.57. The van der Waals surface area contributed by atoms with Gasteiger partial charge in [0.15, 0.2) is 12.1 Å². The molecule has 300 valence electrons. The van der Waals surface area contributed by atoms with Gasteiger partial charge in [0.25, 0.3) is 0 Å². The Balaban J connectivity index is 1.68. The second kappa shape index (κ2) is 18.1. The minimum absolute atomic E-state index is 0.0232. The molecule has 1 saturated heterocycles. The van der Waals surface area contributed by atoms with Crippen LogP contribution in [0, 0.1) is 23.7 Å². The van der Waals surface area contributed by atoms with Crippen LogP contribution in [0.5, 0.6) is 0 Å². The molecule has 1 fully saturated rings. The van der Waals surface area contributed by atoms with Gasteiger partial charge in [0.05, 0.1) is 35.5 Å². The summed E-state index contributed by atoms with van der Waals surface area (Å²) in [6, 6.07) is 8.98. The molecule has 54 heavy (non-hydrogen) atoms. The Kier molecular flexibility index (Phi) is 14.6. The second-order valence-corrected chi connectivity index (χ2v) is 16.1. The zero-order valence-corrected chi connectivity index (χ0v) is 33.9. The van der Waals surface area contributed by atoms with Gasteiger partial charge in [-0.05, 0) is 92.4 Å². The van der Waals surface area contributed by atoms with Gasteiger partial charge in [-0.2, -0.15) is 0 Å². The maximum Gasteiger partial charge on any atom is 0.339 e. The quantitative estimate of drug-likeness (QED) is 0.188. The van der Waals surface area contributed by atoms with Crippen molar-refractivity contribution in [2.75, 3.05) is 27.8 Å². The highest BCUT2D eigenvalue weighted by Gasteiger charge is 2.50. The number of likely N-dealkylation sites (N-methyl/N-ethyl adjacent to an activating group) is 1. The number of ether oxygens (including phenoxy) is 5. The van der Waals surface area contributed by atoms with E-state index >= 15 is 0 Å². The van der Waals surface area contributed by atoms with E-state index in [-0.39, 0.29) is 37.5 Å². The predicted octanol–water partition coefficient (Wildman–Crippen LogP) is 5.51. The van der Waals surface area contributed by atoms with Gasteiger partial charge in [-0.1, -0.05) is 50.6 Å². The highest BCUT2D eigenvalue weighted by molar-refractivity contribution is 6.00. The smallest absolute Gasteiger partial charge is 0.339 e. The molecule has 1 aromatic carbocycles. The summed E-state index contributed by atoms with van der Waals surface area (Å²) in [6.07, 6.45) is 0.811. The van der Waals surface area contributed by atoms with Crippen LogP contribution in [0.4, 0.5) is 0 Å². The minimum atomic E-state index is -1.59. The van der Waals surface area contributed by atoms with E-state index in [9.17, 15) is 24.6 Å². The monoisotopic (exact) mass is 754 g/mol. The number of carbonyl (C=O) groups excluding carboxylic acids is 3. The first kappa shape index (κ1) is 43.5. The number of esters is 2. The predicted molar refractivity (Wildman–Crippen MR) is 205 cm³/mol. The number of aliphatic hydroxyl groups is 2. The SMILES string of the molecule is CC[C@H]1OC(=O)C(C)C(=O)[C@@H](C)[C@@H](O[C@@H]2O[C@H](C)C[C@H](N(C)C)[C@H]2O)[C@](C)(OC)C[C@@H](C)/C=C(/C)[C@H](CCOC(=O)c2cnc3ccccc3c2)[C@]1(C)O. The number of pyridine rings is 1. The van der Waals surface area contributed by atoms with Crippen LogP contribution in [-0.4, -0.2) is 114 Å². The normalized spacial score (nSPS) is 37.0. The number of ketones is 1. The summed E-state index contributed by atoms with van der Waals surface area (Å²) >= 11 is 0. The summed E-state index contributed by atoms with van der Waals surface area (Å²) in [5, 5.41) is 24.4. The number of nitrogens with zero attached hydrogens (tertiary/aromatic N) is 2. The number of hydrogen-bond acceptors (Lipinski definition) is 12. The highest BCUT2D eigenvalue weighted by atomic mass is 16.7. The molecule has 12 atom stereocenters. The molecule has 12 heteroatoms. The molecule has 0 amide bonds. The van der Waals surface area contributed by atoms with Crippen LogP contribution in [0.2, 0.25) is 0 Å². The molecule has 4 rings (SSSR count). The molecular formula is C42H62N2O10. The van der Waals surface area contributed by atoms with E-state index in [1.807, 2.05) is 84.0 Å². The summed E-state index contributed by atoms with van der Waals surface area (Å²) in [5.41, 5.74) is -0.799. The summed E-state index contributed by atoms with van der Waals surface area (Å²) in [4.78, 5) is 47.4. The number of allylic oxidation sites excluding steroid dienone is 1. The van der Waals surface area contributed by atoms with E-state index < -0.39 is 71.3 Å². The average Bonchev–Trinajstić information content (AvgIpc) is 3.13. The molecule has 12 nitrogen and oxygen atoms in total. The molecule has 2 aliphatic heterocycles. The number of benzene rings is 1. The van der Waals surface area contributed by atoms with Crippen LogP contribution in [0.25, 0.3) is 10.9 Å². The topological polar surface area (TPSA) is 154 Å². The summed E-state index contributed by atoms with van der Waals surface area (Å²) in [6.45, 7) is 14.3. The molecule has 2 aliphatic rings. The van der Waals surface area contributed by atoms with Crippen LogP contribution in [0.3, 0.4) is 0 Å². The molecule has 2 N–H and O–H groups in total. The lowest BCUT2D eigenvalue weighted by Gasteiger charge is -2.47. The third-order valence-corrected chi connectivity index (χ3v) is 11.6. The number of aromatic nitrogens is 1. The molecule has 0 bridgehead atoms. The largest absolute Gasteiger partial charge is 0.462 e. The van der Waals surface area contributed by atoms with Crippen LogP contribution in [-0.2, 0) is 33.3 Å². The van der Waals surface area contributed by atoms with E-state index in [1.54, 1.807) is 27.0 Å². The fourth-order valence-electron chi connectivity index (χ4n) is 8.43. The van der Waals surface area contributed by atoms with Gasteiger partial charge < -0.3 is 38.8 Å². The Hall–Kier alpha value is -3.26. The second-order valence-electron chi connectivity index (χ2n) is 16.1. The standard InChI is InChI=1S/C42H62N2O10/c1-12-34-42(8,49)31(17-18-51-39(48)30-21-29-15-13-14-16-32(29)43-23-30)25(3)19-24(2)22-41(7,50-11)37(27(5)35(45)28(6)38(47)53-34)54-40-36(46)33(44(9)10)20-26(4)52-40/h13-16,19,21,23-24,26-28,31,33-34,36-37,40,46,49H,12,17-18,20,22H2,1-11H3/b25-19-/t24-,26+,27+,28?,31-,33-,34+,36+,37+,40-,41+,42-/m0/s1. The van der Waals surface area contributed by atoms with Gasteiger partial charge >= 0.3 is 11.9 Å². The molecule has 0 spiro atoms. The molecule has 0 aliphatic carbocycles. The van der Waals surface area contributed by atoms with E-state index in [4.69, 9.17) is 23.7 Å². The lowest BCUT2D eigenvalue weighted by atomic mass is 9.74. The van der Waals surface area contributed by atoms with Gasteiger partial charge in [-0.25, -0.2) is 4.79 Å². The number of aliphatic hydroxyl groups excluding tert-OH is 1. The number of fused-ring (bicyclic) bond motifs is 1. The molecular weight excluding hydrogens is 692 g/mol. The maximum atomic E-state index is 14.2. The van der Waals surface area contributed by atoms with Crippen LogP contribution in [0.15, 0.2) is 48.2 Å². The fourth-order valence-corrected chi connectivity index (χ4v) is 8.43. The van der Waals surface area contributed by atoms with Gasteiger partial charge in [0.2, 0.25) is 0 Å². The molecule has 0 saturated carbocycles.